The highest BCUT2D eigenvalue weighted by Gasteiger charge is 2.33. The van der Waals surface area contributed by atoms with Crippen molar-refractivity contribution < 1.29 is 111 Å². The van der Waals surface area contributed by atoms with E-state index >= 15 is 0 Å². The fraction of sp³-hybridized carbons (Fsp3) is 0.290. The summed E-state index contributed by atoms with van der Waals surface area (Å²) in [4.78, 5) is 139. The van der Waals surface area contributed by atoms with Crippen LogP contribution in [0.2, 0.25) is 0 Å². The average molecular weight is 2080 g/mol. The highest BCUT2D eigenvalue weighted by Crippen LogP contribution is 2.52. The van der Waals surface area contributed by atoms with Crippen LogP contribution in [-0.4, -0.2) is 194 Å². The molecule has 766 valence electrons. The summed E-state index contributed by atoms with van der Waals surface area (Å²) in [6.07, 6.45) is 3.12. The highest BCUT2D eigenvalue weighted by molar-refractivity contribution is 7.54. The molecule has 145 heavy (non-hydrogen) atoms. The molecule has 4 unspecified atom stereocenters. The number of ketones is 3. The first-order chi connectivity index (χ1) is 69.5. The number of carbonyl (C=O) groups excluding carboxylic acids is 4. The largest absolute Gasteiger partial charge is 0.510 e. The van der Waals surface area contributed by atoms with Crippen molar-refractivity contribution in [1.29, 1.82) is 0 Å². The van der Waals surface area contributed by atoms with Gasteiger partial charge in [-0.25, -0.2) is 29.1 Å². The molecule has 15 aromatic rings. The van der Waals surface area contributed by atoms with Crippen molar-refractivity contribution in [3.63, 3.8) is 0 Å². The Bertz CT molecular complexity index is 7190. The van der Waals surface area contributed by atoms with Gasteiger partial charge < -0.3 is 92.5 Å². The quantitative estimate of drug-likeness (QED) is 0.00577. The predicted molar refractivity (Wildman–Crippen MR) is 529 cm³/mol. The van der Waals surface area contributed by atoms with Crippen molar-refractivity contribution in [3.05, 3.63) is 309 Å². The fourth-order valence-corrected chi connectivity index (χ4v) is 17.9. The van der Waals surface area contributed by atoms with Crippen LogP contribution in [0.5, 0.6) is 5.75 Å². The molecule has 15 rings (SSSR count). The summed E-state index contributed by atoms with van der Waals surface area (Å²) < 4.78 is 154. The number of benzene rings is 7. The van der Waals surface area contributed by atoms with E-state index in [1.54, 1.807) is 67.8 Å². The number of nitrogens with two attached hydrogens (primary N) is 4. The first kappa shape index (κ1) is 109. The third-order valence-electron chi connectivity index (χ3n) is 20.8. The van der Waals surface area contributed by atoms with Gasteiger partial charge in [-0.05, 0) is 105 Å². The van der Waals surface area contributed by atoms with Crippen molar-refractivity contribution in [2.24, 2.45) is 0 Å². The van der Waals surface area contributed by atoms with Crippen molar-refractivity contribution in [2.75, 3.05) is 116 Å². The number of halogens is 1. The van der Waals surface area contributed by atoms with Crippen molar-refractivity contribution >= 4 is 122 Å². The Labute approximate surface area is 825 Å². The maximum atomic E-state index is 13.6. The van der Waals surface area contributed by atoms with E-state index < -0.39 is 116 Å². The third kappa shape index (κ3) is 32.8. The molecule has 8 heterocycles. The SMILES string of the molecule is COC(=O)OCOP(=O)(COCCn1cnc2c(=O)[nH]c(N)nc21)OCc1ccccc1.COc1ccc(C(=O)COP(=O)(COCCn2cnc3c(=O)[nH]c(N)nc32)OCc2ccc(C)cc2)cc1C.Cc1ccc(COP(=O)(COCCn2cnc3c(=O)[nH]c(N)nc32)OCC(=O)c2ccc(C)cc2)cc1.Cc1ccc(COP(=O)(COCCn2cnc3c(=O)[nH]c(N)nc32)OCC(=O)c2ccc(F)cc2)cc1. The zero-order chi connectivity index (χ0) is 104. The molecule has 52 heteroatoms. The van der Waals surface area contributed by atoms with Gasteiger partial charge in [-0.15, -0.1) is 0 Å². The standard InChI is InChI=1S/C26H30N5O7P.C25H28N5O6P.C24H25FN5O6P.C18H22N5O8P/c1-17-4-6-19(7-5-17)13-37-39(34,38-14-21(32)20-8-9-22(35-3)18(2)12-20)16-36-11-10-31-15-28-23-24(31)29-26(27)30-25(23)33;1-17-3-7-19(8-4-17)13-35-37(33,36-14-21(31)20-9-5-18(2)6-10-20)16-34-12-11-30-15-27-22-23(30)28-25(26)29-24(22)32;1-16-2-4-17(5-3-16)12-35-37(33,36-13-20(31)18-6-8-19(25)9-7-18)15-34-11-10-30-14-27-21-22(30)28-24(26)29-23(21)32;1-27-18(25)29-11-31-32(26,30-9-13-5-3-2-4-6-13)12-28-8-7-23-10-20-14-15(23)21-17(19)22-16(14)24/h4-9,12,15H,10-11,13-14,16H2,1-3H3,(H3,27,29,30,33);3-10,15H,11-14,16H2,1-2H3,(H3,26,28,29,32);2-9,14H,10-13,15H2,1H3,(H3,26,28,29,32);2-6,10H,7-9,11-12H2,1H3,(H3,19,21,22,24). The molecule has 4 atom stereocenters. The number of aromatic amines is 4. The number of fused-ring (bicyclic) bond motifs is 4. The molecule has 0 spiro atoms. The van der Waals surface area contributed by atoms with Gasteiger partial charge in [0.25, 0.3) is 22.2 Å². The number of methoxy groups -OCH3 is 2. The second kappa shape index (κ2) is 52.2. The molecule has 12 N–H and O–H groups in total. The molecule has 0 aliphatic carbocycles. The van der Waals surface area contributed by atoms with E-state index in [1.165, 1.54) is 37.4 Å². The van der Waals surface area contributed by atoms with E-state index in [4.69, 9.17) is 82.8 Å². The van der Waals surface area contributed by atoms with Gasteiger partial charge in [0.1, 0.15) is 56.8 Å². The number of aryl methyl sites for hydroxylation is 5. The average Bonchev–Trinajstić information content (AvgIpc) is 1.67. The number of hydrogen-bond donors (Lipinski definition) is 8. The molecule has 8 aromatic heterocycles. The predicted octanol–water partition coefficient (Wildman–Crippen LogP) is 12.5. The molecule has 0 fully saturated rings. The Hall–Kier alpha value is -14.4. The van der Waals surface area contributed by atoms with Crippen molar-refractivity contribution in [2.45, 2.75) is 87.2 Å². The number of H-pyrrole nitrogens is 4. The summed E-state index contributed by atoms with van der Waals surface area (Å²) in [6.45, 7) is 8.80. The summed E-state index contributed by atoms with van der Waals surface area (Å²) in [6, 6.07) is 48.5. The normalized spacial score (nSPS) is 13.0. The highest BCUT2D eigenvalue weighted by atomic mass is 31.2. The molecule has 0 bridgehead atoms. The zero-order valence-corrected chi connectivity index (χ0v) is 83.1. The third-order valence-corrected chi connectivity index (χ3v) is 27.0. The molecule has 0 amide bonds. The van der Waals surface area contributed by atoms with Crippen molar-refractivity contribution in [1.82, 2.24) is 78.1 Å². The second-order valence-electron chi connectivity index (χ2n) is 31.9. The van der Waals surface area contributed by atoms with Crippen molar-refractivity contribution in [3.8, 4) is 5.75 Å². The van der Waals surface area contributed by atoms with E-state index in [0.717, 1.165) is 69.3 Å². The molecule has 0 aliphatic heterocycles. The molecule has 0 aliphatic rings. The number of anilines is 4. The van der Waals surface area contributed by atoms with Gasteiger partial charge in [-0.2, -0.15) is 19.9 Å². The first-order valence-electron chi connectivity index (χ1n) is 44.2. The zero-order valence-electron chi connectivity index (χ0n) is 79.5. The Morgan fingerprint density at radius 3 is 0.945 bits per heavy atom. The summed E-state index contributed by atoms with van der Waals surface area (Å²) >= 11 is 0. The lowest BCUT2D eigenvalue weighted by Gasteiger charge is -2.19. The van der Waals surface area contributed by atoms with Crippen LogP contribution in [0.4, 0.5) is 33.0 Å². The van der Waals surface area contributed by atoms with Crippen LogP contribution in [-0.2, 0) is 135 Å². The van der Waals surface area contributed by atoms with Gasteiger partial charge in [-0.3, -0.25) is 89.9 Å². The van der Waals surface area contributed by atoms with E-state index in [-0.39, 0.29) is 154 Å². The molecule has 0 radical (unpaired) electrons. The number of nitrogen functional groups attached to an aromatic ring is 4. The summed E-state index contributed by atoms with van der Waals surface area (Å²) in [7, 11) is -12.7. The van der Waals surface area contributed by atoms with Crippen LogP contribution in [0, 0.1) is 40.4 Å². The smallest absolute Gasteiger partial charge is 0.496 e. The van der Waals surface area contributed by atoms with Gasteiger partial charge in [0.05, 0.1) is 92.4 Å². The summed E-state index contributed by atoms with van der Waals surface area (Å²) in [5, 5.41) is 0. The van der Waals surface area contributed by atoms with Gasteiger partial charge in [0.15, 0.2) is 62.0 Å². The molecule has 7 aromatic carbocycles. The number of hydrogen-bond acceptors (Lipinski definition) is 39. The Morgan fingerprint density at radius 1 is 0.359 bits per heavy atom. The van der Waals surface area contributed by atoms with E-state index in [2.05, 4.69) is 69.3 Å². The summed E-state index contributed by atoms with van der Waals surface area (Å²) in [5.74, 6) is -1.15. The number of imidazole rings is 4. The monoisotopic (exact) mass is 2080 g/mol. The van der Waals surface area contributed by atoms with Crippen LogP contribution >= 0.6 is 30.4 Å². The van der Waals surface area contributed by atoms with E-state index in [9.17, 15) is 61.0 Å². The van der Waals surface area contributed by atoms with Gasteiger partial charge in [0, 0.05) is 42.9 Å². The Morgan fingerprint density at radius 2 is 0.641 bits per heavy atom. The minimum absolute atomic E-state index is 0.00215. The molecule has 47 nitrogen and oxygen atoms in total. The van der Waals surface area contributed by atoms with Crippen LogP contribution < -0.4 is 49.9 Å². The lowest BCUT2D eigenvalue weighted by Crippen LogP contribution is -2.14. The number of Topliss-reactive ketones (excluding diaryl/α,β-unsaturated/α-hetero) is 3. The fourth-order valence-electron chi connectivity index (χ4n) is 13.0. The summed E-state index contributed by atoms with van der Waals surface area (Å²) in [5.41, 5.74) is 31.6. The van der Waals surface area contributed by atoms with Gasteiger partial charge in [-0.1, -0.05) is 150 Å². The first-order valence-corrected chi connectivity index (χ1v) is 51.1. The van der Waals surface area contributed by atoms with E-state index in [1.807, 2.05) is 138 Å². The second-order valence-corrected chi connectivity index (χ2v) is 39.9. The minimum atomic E-state index is -3.88. The maximum absolute atomic E-state index is 13.6. The molecular weight excluding hydrogens is 1970 g/mol. The number of carbonyl (C=O) groups is 4. The Balaban J connectivity index is 0.000000173. The van der Waals surface area contributed by atoms with Gasteiger partial charge >= 0.3 is 36.5 Å². The lowest BCUT2D eigenvalue weighted by molar-refractivity contribution is 0.00261. The van der Waals surface area contributed by atoms with E-state index in [0.29, 0.717) is 33.8 Å². The van der Waals surface area contributed by atoms with Crippen LogP contribution in [0.3, 0.4) is 0 Å². The number of rotatable bonds is 48. The Kier molecular flexibility index (Phi) is 39.4. The minimum Gasteiger partial charge on any atom is -0.496 e. The maximum Gasteiger partial charge on any atom is 0.510 e. The lowest BCUT2D eigenvalue weighted by atomic mass is 10.1. The number of nitrogens with zero attached hydrogens (tertiary/aromatic N) is 12. The number of aromatic nitrogens is 16. The number of ether oxygens (including phenoxy) is 7. The van der Waals surface area contributed by atoms with Gasteiger partial charge in [0.2, 0.25) is 30.6 Å². The molecule has 0 saturated carbocycles. The topological polar surface area (TPSA) is 633 Å². The molecular formula is C93H105FN20O27P4. The van der Waals surface area contributed by atoms with Crippen LogP contribution in [0.1, 0.15) is 81.1 Å². The van der Waals surface area contributed by atoms with Crippen LogP contribution in [0.15, 0.2) is 214 Å². The molecule has 0 saturated heterocycles. The number of nitrogens with one attached hydrogen (secondary N) is 4. The van der Waals surface area contributed by atoms with Crippen LogP contribution in [0.25, 0.3) is 44.7 Å².